The Labute approximate surface area is 89.4 Å². The molecule has 6 saturated carbocycles. The maximum absolute atomic E-state index is 11.5. The van der Waals surface area contributed by atoms with Crippen molar-refractivity contribution in [2.24, 2.45) is 52.8 Å². The zero-order valence-corrected chi connectivity index (χ0v) is 9.14. The molecule has 2 nitrogen and oxygen atoms in total. The van der Waals surface area contributed by atoms with E-state index in [1.54, 1.807) is 0 Å². The monoisotopic (exact) mass is 204 g/mol. The first-order chi connectivity index (χ1) is 7.19. The van der Waals surface area contributed by atoms with Crippen molar-refractivity contribution in [1.82, 2.24) is 0 Å². The maximum atomic E-state index is 11.5. The van der Waals surface area contributed by atoms with E-state index >= 15 is 0 Å². The van der Waals surface area contributed by atoms with E-state index in [2.05, 4.69) is 0 Å². The molecule has 0 amide bonds. The Morgan fingerprint density at radius 1 is 1.13 bits per heavy atom. The Kier molecular flexibility index (Phi) is 0.904. The summed E-state index contributed by atoms with van der Waals surface area (Å²) < 4.78 is 5.47. The van der Waals surface area contributed by atoms with Crippen LogP contribution in [0, 0.1) is 52.8 Å². The van der Waals surface area contributed by atoms with Gasteiger partial charge in [-0.1, -0.05) is 13.8 Å². The molecule has 0 aromatic carbocycles. The lowest BCUT2D eigenvalue weighted by molar-refractivity contribution is -0.617. The number of esters is 1. The Morgan fingerprint density at radius 2 is 1.67 bits per heavy atom. The maximum Gasteiger partial charge on any atom is 0.308 e. The highest BCUT2D eigenvalue weighted by Gasteiger charge is 3.04. The van der Waals surface area contributed by atoms with Gasteiger partial charge in [0.2, 0.25) is 0 Å². The molecule has 0 aliphatic heterocycles. The number of rotatable bonds is 3. The van der Waals surface area contributed by atoms with Crippen molar-refractivity contribution in [3.63, 3.8) is 0 Å². The van der Waals surface area contributed by atoms with E-state index in [0.717, 1.165) is 48.0 Å². The first kappa shape index (κ1) is 7.70. The summed E-state index contributed by atoms with van der Waals surface area (Å²) in [5, 5.41) is 0. The molecule has 0 heterocycles. The first-order valence-corrected chi connectivity index (χ1v) is 6.36. The fourth-order valence-electron chi connectivity index (χ4n) is 6.32. The van der Waals surface area contributed by atoms with Crippen LogP contribution in [0.2, 0.25) is 0 Å². The summed E-state index contributed by atoms with van der Waals surface area (Å²) in [6, 6.07) is 0. The predicted molar refractivity (Wildman–Crippen MR) is 52.7 cm³/mol. The number of carbonyl (C=O) groups is 1. The predicted octanol–water partition coefficient (Wildman–Crippen LogP) is 1.55. The smallest absolute Gasteiger partial charge is 0.308 e. The van der Waals surface area contributed by atoms with Crippen molar-refractivity contribution >= 4 is 5.97 Å². The van der Waals surface area contributed by atoms with Crippen LogP contribution in [0.15, 0.2) is 0 Å². The highest BCUT2D eigenvalue weighted by molar-refractivity contribution is 5.71. The highest BCUT2D eigenvalue weighted by Crippen LogP contribution is 3.05. The van der Waals surface area contributed by atoms with E-state index in [4.69, 9.17) is 4.74 Å². The molecule has 6 rings (SSSR count). The number of carbonyl (C=O) groups excluding carboxylic acids is 1. The van der Waals surface area contributed by atoms with Gasteiger partial charge in [-0.25, -0.2) is 0 Å². The van der Waals surface area contributed by atoms with Crippen LogP contribution in [0.1, 0.15) is 13.8 Å². The molecule has 0 atom stereocenters. The second-order valence-corrected chi connectivity index (χ2v) is 6.76. The molecule has 0 spiro atoms. The third-order valence-electron chi connectivity index (χ3n) is 6.62. The number of hydrogen-bond donors (Lipinski definition) is 0. The van der Waals surface area contributed by atoms with Gasteiger partial charge in [0.25, 0.3) is 0 Å². The van der Waals surface area contributed by atoms with Crippen molar-refractivity contribution in [3.05, 3.63) is 0 Å². The Bertz CT molecular complexity index is 347. The quantitative estimate of drug-likeness (QED) is 0.652. The minimum absolute atomic E-state index is 0.00340. The molecule has 0 aromatic heterocycles. The van der Waals surface area contributed by atoms with Gasteiger partial charge in [0.1, 0.15) is 0 Å². The van der Waals surface area contributed by atoms with Crippen LogP contribution in [0.4, 0.5) is 0 Å². The first-order valence-electron chi connectivity index (χ1n) is 6.36. The summed E-state index contributed by atoms with van der Waals surface area (Å²) in [6.07, 6.45) is 0. The van der Waals surface area contributed by atoms with Crippen LogP contribution in [0.25, 0.3) is 0 Å². The standard InChI is InChI=1S/C13H16O2/c1-4(2)12(14)15-3-13-9-6-5-7(9)11(13)8(5)10(6)13/h4-11H,3H2,1-2H3. The van der Waals surface area contributed by atoms with Gasteiger partial charge in [0.15, 0.2) is 0 Å². The van der Waals surface area contributed by atoms with E-state index in [-0.39, 0.29) is 11.9 Å². The van der Waals surface area contributed by atoms with Crippen LogP contribution in [0.3, 0.4) is 0 Å². The third kappa shape index (κ3) is 0.440. The van der Waals surface area contributed by atoms with Crippen LogP contribution in [0.5, 0.6) is 0 Å². The zero-order valence-electron chi connectivity index (χ0n) is 9.14. The lowest BCUT2D eigenvalue weighted by Crippen LogP contribution is -3.06. The van der Waals surface area contributed by atoms with Crippen LogP contribution in [-0.4, -0.2) is 12.6 Å². The topological polar surface area (TPSA) is 26.3 Å². The fraction of sp³-hybridized carbons (Fsp3) is 0.923. The van der Waals surface area contributed by atoms with Gasteiger partial charge in [0, 0.05) is 5.41 Å². The second-order valence-electron chi connectivity index (χ2n) is 6.76. The van der Waals surface area contributed by atoms with E-state index in [1.165, 1.54) is 0 Å². The minimum atomic E-state index is 0.00340. The van der Waals surface area contributed by atoms with Gasteiger partial charge in [-0.05, 0) is 41.4 Å². The van der Waals surface area contributed by atoms with Crippen molar-refractivity contribution in [2.75, 3.05) is 6.61 Å². The van der Waals surface area contributed by atoms with Crippen molar-refractivity contribution < 1.29 is 9.53 Å². The van der Waals surface area contributed by atoms with Crippen LogP contribution < -0.4 is 0 Å². The van der Waals surface area contributed by atoms with Gasteiger partial charge in [-0.15, -0.1) is 0 Å². The summed E-state index contributed by atoms with van der Waals surface area (Å²) in [5.74, 6) is 7.51. The Hall–Kier alpha value is -0.530. The Balaban J connectivity index is 1.32. The van der Waals surface area contributed by atoms with Crippen molar-refractivity contribution in [1.29, 1.82) is 0 Å². The largest absolute Gasteiger partial charge is 0.465 e. The summed E-state index contributed by atoms with van der Waals surface area (Å²) in [6.45, 7) is 4.60. The summed E-state index contributed by atoms with van der Waals surface area (Å²) in [7, 11) is 0. The molecule has 6 aliphatic rings. The summed E-state index contributed by atoms with van der Waals surface area (Å²) in [4.78, 5) is 11.5. The van der Waals surface area contributed by atoms with E-state index in [9.17, 15) is 4.79 Å². The van der Waals surface area contributed by atoms with E-state index < -0.39 is 0 Å². The van der Waals surface area contributed by atoms with Crippen LogP contribution in [-0.2, 0) is 9.53 Å². The summed E-state index contributed by atoms with van der Waals surface area (Å²) >= 11 is 0. The molecule has 80 valence electrons. The van der Waals surface area contributed by atoms with Crippen molar-refractivity contribution in [3.8, 4) is 0 Å². The molecule has 2 heteroatoms. The van der Waals surface area contributed by atoms with Gasteiger partial charge in [0.05, 0.1) is 12.5 Å². The SMILES string of the molecule is CC(C)C(=O)OCC12C3C4C5C3C1C5C42. The van der Waals surface area contributed by atoms with Gasteiger partial charge >= 0.3 is 5.97 Å². The van der Waals surface area contributed by atoms with E-state index in [0.29, 0.717) is 5.41 Å². The van der Waals surface area contributed by atoms with Gasteiger partial charge < -0.3 is 4.74 Å². The molecule has 0 saturated heterocycles. The Morgan fingerprint density at radius 3 is 2.13 bits per heavy atom. The molecule has 0 N–H and O–H groups in total. The lowest BCUT2D eigenvalue weighted by Gasteiger charge is -3.07. The summed E-state index contributed by atoms with van der Waals surface area (Å²) in [5.41, 5.74) is 0.541. The van der Waals surface area contributed by atoms with E-state index in [1.807, 2.05) is 13.8 Å². The highest BCUT2D eigenvalue weighted by atomic mass is 16.5. The normalized spacial score (nSPS) is 68.1. The number of ether oxygens (including phenoxy) is 1. The van der Waals surface area contributed by atoms with Gasteiger partial charge in [-0.2, -0.15) is 0 Å². The molecule has 6 aliphatic carbocycles. The lowest BCUT2D eigenvalue weighted by atomic mass is 8.97. The molecular weight excluding hydrogens is 188 g/mol. The molecule has 15 heavy (non-hydrogen) atoms. The molecule has 0 unspecified atom stereocenters. The van der Waals surface area contributed by atoms with Crippen molar-refractivity contribution in [2.45, 2.75) is 13.8 Å². The third-order valence-corrected chi connectivity index (χ3v) is 6.62. The molecule has 0 radical (unpaired) electrons. The van der Waals surface area contributed by atoms with Crippen LogP contribution >= 0.6 is 0 Å². The molecule has 6 fully saturated rings. The number of hydrogen-bond acceptors (Lipinski definition) is 2. The van der Waals surface area contributed by atoms with Gasteiger partial charge in [-0.3, -0.25) is 4.79 Å². The fourth-order valence-corrected chi connectivity index (χ4v) is 6.32. The average Bonchev–Trinajstić information content (AvgIpc) is 2.26. The molecule has 0 aromatic rings. The second kappa shape index (κ2) is 1.76. The molecular formula is C13H16O2. The minimum Gasteiger partial charge on any atom is -0.465 e. The average molecular weight is 204 g/mol. The zero-order chi connectivity index (χ0) is 10.1. The molecule has 0 bridgehead atoms.